The average Bonchev–Trinajstić information content (AvgIpc) is 3.05. The third-order valence-electron chi connectivity index (χ3n) is 4.90. The van der Waals surface area contributed by atoms with E-state index in [-0.39, 0.29) is 11.3 Å². The first-order valence-corrected chi connectivity index (χ1v) is 10.8. The number of amides is 1. The zero-order valence-corrected chi connectivity index (χ0v) is 18.5. The van der Waals surface area contributed by atoms with Gasteiger partial charge in [-0.15, -0.1) is 11.3 Å². The summed E-state index contributed by atoms with van der Waals surface area (Å²) in [4.78, 5) is 19.3. The third-order valence-corrected chi connectivity index (χ3v) is 6.58. The lowest BCUT2D eigenvalue weighted by molar-refractivity contribution is 0.0994. The minimum absolute atomic E-state index is 0.00178. The molecule has 3 rings (SSSR count). The van der Waals surface area contributed by atoms with Crippen LogP contribution in [0.5, 0.6) is 5.75 Å². The molecule has 0 bridgehead atoms. The average molecular weight is 422 g/mol. The lowest BCUT2D eigenvalue weighted by atomic mass is 9.95. The fourth-order valence-electron chi connectivity index (χ4n) is 3.30. The molecule has 7 heteroatoms. The molecule has 1 amide bonds. The molecule has 2 heterocycles. The van der Waals surface area contributed by atoms with Crippen LogP contribution in [-0.2, 0) is 12.0 Å². The summed E-state index contributed by atoms with van der Waals surface area (Å²) in [5.41, 5.74) is 0.383. The maximum Gasteiger partial charge on any atom is 0.283 e. The summed E-state index contributed by atoms with van der Waals surface area (Å²) < 4.78 is 7.46. The van der Waals surface area contributed by atoms with E-state index in [1.165, 1.54) is 17.7 Å². The van der Waals surface area contributed by atoms with Crippen molar-refractivity contribution in [2.24, 2.45) is 10.9 Å². The van der Waals surface area contributed by atoms with E-state index in [4.69, 9.17) is 16.3 Å². The maximum absolute atomic E-state index is 12.9. The van der Waals surface area contributed by atoms with Gasteiger partial charge < -0.3 is 14.6 Å². The predicted octanol–water partition coefficient (Wildman–Crippen LogP) is 4.25. The molecule has 0 radical (unpaired) electrons. The summed E-state index contributed by atoms with van der Waals surface area (Å²) in [6, 6.07) is 5.01. The first-order valence-electron chi connectivity index (χ1n) is 9.62. The van der Waals surface area contributed by atoms with Crippen molar-refractivity contribution in [1.82, 2.24) is 9.88 Å². The van der Waals surface area contributed by atoms with Crippen LogP contribution in [0.25, 0.3) is 0 Å². The number of carbonyl (C=O) groups excluding carboxylic acids is 1. The maximum atomic E-state index is 12.9. The Morgan fingerprint density at radius 1 is 1.43 bits per heavy atom. The van der Waals surface area contributed by atoms with E-state index < -0.39 is 0 Å². The molecule has 1 aliphatic rings. The van der Waals surface area contributed by atoms with Gasteiger partial charge >= 0.3 is 0 Å². The van der Waals surface area contributed by atoms with Crippen LogP contribution in [0.3, 0.4) is 0 Å². The molecule has 1 N–H and O–H groups in total. The molecule has 0 aliphatic carbocycles. The highest BCUT2D eigenvalue weighted by atomic mass is 35.5. The Balaban J connectivity index is 2.00. The van der Waals surface area contributed by atoms with E-state index in [1.807, 2.05) is 0 Å². The number of nitrogens with one attached hydrogen (secondary N) is 1. The van der Waals surface area contributed by atoms with Gasteiger partial charge in [-0.3, -0.25) is 4.79 Å². The molecule has 5 nitrogen and oxygen atoms in total. The van der Waals surface area contributed by atoms with E-state index in [0.29, 0.717) is 22.3 Å². The number of thiazole rings is 1. The van der Waals surface area contributed by atoms with Gasteiger partial charge in [-0.05, 0) is 55.5 Å². The summed E-state index contributed by atoms with van der Waals surface area (Å²) in [6.07, 6.45) is 4.53. The molecule has 152 valence electrons. The van der Waals surface area contributed by atoms with E-state index in [2.05, 4.69) is 41.8 Å². The SMILES string of the molecule is COc1ccc(Cl)cc1C(=O)/N=c1\sc(C(C)(C)C)cn1C[C@@H]1CCCNC1. The lowest BCUT2D eigenvalue weighted by Crippen LogP contribution is -2.33. The number of hydrogen-bond acceptors (Lipinski definition) is 4. The van der Waals surface area contributed by atoms with Crippen LogP contribution in [0.4, 0.5) is 0 Å². The number of halogens is 1. The van der Waals surface area contributed by atoms with Gasteiger partial charge in [-0.2, -0.15) is 4.99 Å². The van der Waals surface area contributed by atoms with Gasteiger partial charge in [0.15, 0.2) is 4.80 Å². The molecular formula is C21H28ClN3O2S. The van der Waals surface area contributed by atoms with E-state index in [0.717, 1.165) is 24.4 Å². The number of benzene rings is 1. The second kappa shape index (κ2) is 8.80. The fourth-order valence-corrected chi connectivity index (χ4v) is 4.53. The zero-order valence-electron chi connectivity index (χ0n) is 16.9. The molecule has 1 aromatic heterocycles. The number of rotatable bonds is 4. The fraction of sp³-hybridized carbons (Fsp3) is 0.524. The van der Waals surface area contributed by atoms with Crippen molar-refractivity contribution in [2.45, 2.75) is 45.6 Å². The van der Waals surface area contributed by atoms with Crippen LogP contribution >= 0.6 is 22.9 Å². The monoisotopic (exact) mass is 421 g/mol. The van der Waals surface area contributed by atoms with Gasteiger partial charge in [0.05, 0.1) is 12.7 Å². The lowest BCUT2D eigenvalue weighted by Gasteiger charge is -2.23. The van der Waals surface area contributed by atoms with Crippen LogP contribution in [0.1, 0.15) is 48.8 Å². The molecule has 0 spiro atoms. The molecule has 1 saturated heterocycles. The van der Waals surface area contributed by atoms with Crippen molar-refractivity contribution in [3.63, 3.8) is 0 Å². The Labute approximate surface area is 175 Å². The van der Waals surface area contributed by atoms with Gasteiger partial charge in [0.25, 0.3) is 5.91 Å². The molecule has 1 fully saturated rings. The first kappa shape index (κ1) is 21.1. The Morgan fingerprint density at radius 3 is 2.86 bits per heavy atom. The molecular weight excluding hydrogens is 394 g/mol. The normalized spacial score (nSPS) is 18.3. The van der Waals surface area contributed by atoms with Crippen LogP contribution in [0.15, 0.2) is 29.4 Å². The molecule has 2 aromatic rings. The number of ether oxygens (including phenoxy) is 1. The molecule has 0 saturated carbocycles. The number of aromatic nitrogens is 1. The predicted molar refractivity (Wildman–Crippen MR) is 115 cm³/mol. The Kier molecular flexibility index (Phi) is 6.63. The number of nitrogens with zero attached hydrogens (tertiary/aromatic N) is 2. The minimum Gasteiger partial charge on any atom is -0.496 e. The van der Waals surface area contributed by atoms with Gasteiger partial charge in [0.2, 0.25) is 0 Å². The highest BCUT2D eigenvalue weighted by molar-refractivity contribution is 7.09. The van der Waals surface area contributed by atoms with Crippen molar-refractivity contribution >= 4 is 28.8 Å². The third kappa shape index (κ3) is 5.04. The largest absolute Gasteiger partial charge is 0.496 e. The van der Waals surface area contributed by atoms with E-state index in [1.54, 1.807) is 36.6 Å². The highest BCUT2D eigenvalue weighted by Gasteiger charge is 2.21. The summed E-state index contributed by atoms with van der Waals surface area (Å²) >= 11 is 7.66. The van der Waals surface area contributed by atoms with Crippen LogP contribution in [0.2, 0.25) is 5.02 Å². The highest BCUT2D eigenvalue weighted by Crippen LogP contribution is 2.26. The van der Waals surface area contributed by atoms with Gasteiger partial charge in [-0.1, -0.05) is 32.4 Å². The zero-order chi connectivity index (χ0) is 20.3. The van der Waals surface area contributed by atoms with Crippen molar-refractivity contribution in [3.05, 3.63) is 44.7 Å². The second-order valence-corrected chi connectivity index (χ2v) is 9.70. The van der Waals surface area contributed by atoms with Gasteiger partial charge in [-0.25, -0.2) is 0 Å². The molecule has 1 aromatic carbocycles. The Hall–Kier alpha value is -1.63. The van der Waals surface area contributed by atoms with Gasteiger partial charge in [0.1, 0.15) is 5.75 Å². The van der Waals surface area contributed by atoms with Crippen LogP contribution in [-0.4, -0.2) is 30.7 Å². The quantitative estimate of drug-likeness (QED) is 0.802. The molecule has 28 heavy (non-hydrogen) atoms. The second-order valence-electron chi connectivity index (χ2n) is 8.25. The first-order chi connectivity index (χ1) is 13.3. The summed E-state index contributed by atoms with van der Waals surface area (Å²) in [5, 5.41) is 3.95. The van der Waals surface area contributed by atoms with Crippen molar-refractivity contribution in [1.29, 1.82) is 0 Å². The van der Waals surface area contributed by atoms with E-state index in [9.17, 15) is 4.79 Å². The van der Waals surface area contributed by atoms with E-state index >= 15 is 0 Å². The summed E-state index contributed by atoms with van der Waals surface area (Å²) in [6.45, 7) is 9.48. The standard InChI is InChI=1S/C21H28ClN3O2S/c1-21(2,3)18-13-25(12-14-6-5-9-23-11-14)20(28-18)24-19(26)16-10-15(22)7-8-17(16)27-4/h7-8,10,13-14,23H,5-6,9,11-12H2,1-4H3/b24-20-/t14-/m1/s1. The van der Waals surface area contributed by atoms with Crippen LogP contribution in [0, 0.1) is 5.92 Å². The summed E-state index contributed by atoms with van der Waals surface area (Å²) in [7, 11) is 1.54. The number of carbonyl (C=O) groups is 1. The van der Waals surface area contributed by atoms with Crippen LogP contribution < -0.4 is 14.9 Å². The molecule has 0 unspecified atom stereocenters. The Bertz CT molecular complexity index is 905. The van der Waals surface area contributed by atoms with Gasteiger partial charge in [0, 0.05) is 22.6 Å². The number of methoxy groups -OCH3 is 1. The van der Waals surface area contributed by atoms with Crippen molar-refractivity contribution in [2.75, 3.05) is 20.2 Å². The summed E-state index contributed by atoms with van der Waals surface area (Å²) in [5.74, 6) is 0.692. The number of piperidine rings is 1. The number of hydrogen-bond donors (Lipinski definition) is 1. The molecule has 1 aliphatic heterocycles. The van der Waals surface area contributed by atoms with Crippen molar-refractivity contribution < 1.29 is 9.53 Å². The Morgan fingerprint density at radius 2 is 2.21 bits per heavy atom. The topological polar surface area (TPSA) is 55.6 Å². The van der Waals surface area contributed by atoms with Crippen molar-refractivity contribution in [3.8, 4) is 5.75 Å². The minimum atomic E-state index is -0.336. The molecule has 1 atom stereocenters. The smallest absolute Gasteiger partial charge is 0.283 e.